The number of nitrogens with zero attached hydrogens (tertiary/aromatic N) is 4. The lowest BCUT2D eigenvalue weighted by Crippen LogP contribution is -2.49. The van der Waals surface area contributed by atoms with Crippen molar-refractivity contribution in [2.24, 2.45) is 5.73 Å². The van der Waals surface area contributed by atoms with Crippen LogP contribution in [0.4, 0.5) is 4.39 Å². The maximum absolute atomic E-state index is 13.4. The summed E-state index contributed by atoms with van der Waals surface area (Å²) in [5.41, 5.74) is 9.64. The number of nitrogens with two attached hydrogens (primary N) is 1. The first kappa shape index (κ1) is 25.7. The molecule has 0 unspecified atom stereocenters. The van der Waals surface area contributed by atoms with Crippen molar-refractivity contribution >= 4 is 16.9 Å². The van der Waals surface area contributed by atoms with Crippen LogP contribution in [0.1, 0.15) is 17.0 Å². The van der Waals surface area contributed by atoms with Crippen LogP contribution < -0.4 is 15.2 Å². The second-order valence-electron chi connectivity index (χ2n) is 9.36. The maximum Gasteiger partial charge on any atom is 0.260 e. The highest BCUT2D eigenvalue weighted by atomic mass is 19.1. The summed E-state index contributed by atoms with van der Waals surface area (Å²) >= 11 is 0. The molecule has 9 heteroatoms. The number of piperazine rings is 1. The number of amides is 1. The van der Waals surface area contributed by atoms with Crippen LogP contribution in [0.2, 0.25) is 0 Å². The minimum Gasteiger partial charge on any atom is -0.493 e. The summed E-state index contributed by atoms with van der Waals surface area (Å²) in [6.45, 7) is 4.29. The Hall–Kier alpha value is -3.95. The number of ether oxygens (including phenoxy) is 2. The number of methoxy groups -OCH3 is 1. The smallest absolute Gasteiger partial charge is 0.260 e. The summed E-state index contributed by atoms with van der Waals surface area (Å²) in [6.07, 6.45) is 0. The first-order chi connectivity index (χ1) is 18.5. The number of hydrogen-bond acceptors (Lipinski definition) is 6. The van der Waals surface area contributed by atoms with Gasteiger partial charge in [0.05, 0.1) is 24.7 Å². The molecule has 5 rings (SSSR count). The average molecular weight is 518 g/mol. The summed E-state index contributed by atoms with van der Waals surface area (Å²) in [4.78, 5) is 21.9. The molecule has 1 aliphatic rings. The van der Waals surface area contributed by atoms with E-state index in [4.69, 9.17) is 20.2 Å². The first-order valence-corrected chi connectivity index (χ1v) is 12.7. The van der Waals surface area contributed by atoms with Gasteiger partial charge in [-0.2, -0.15) is 0 Å². The van der Waals surface area contributed by atoms with E-state index in [9.17, 15) is 9.18 Å². The van der Waals surface area contributed by atoms with Crippen molar-refractivity contribution in [2.75, 3.05) is 39.9 Å². The molecule has 0 aliphatic carbocycles. The minimum absolute atomic E-state index is 0.0577. The highest BCUT2D eigenvalue weighted by Gasteiger charge is 2.23. The molecule has 0 spiro atoms. The molecule has 2 heterocycles. The van der Waals surface area contributed by atoms with Crippen molar-refractivity contribution < 1.29 is 18.7 Å². The predicted octanol–water partition coefficient (Wildman–Crippen LogP) is 3.41. The SMILES string of the molecule is COc1ccc(CN)cc1OCC(=O)N1CCN(Cc2nc3ccccc3n2Cc2ccc(F)cc2)CC1. The van der Waals surface area contributed by atoms with Gasteiger partial charge in [-0.3, -0.25) is 9.69 Å². The van der Waals surface area contributed by atoms with Crippen molar-refractivity contribution in [3.8, 4) is 11.5 Å². The number of aromatic nitrogens is 2. The molecule has 0 saturated carbocycles. The van der Waals surface area contributed by atoms with Gasteiger partial charge in [0.1, 0.15) is 11.6 Å². The molecule has 1 aliphatic heterocycles. The normalized spacial score (nSPS) is 14.1. The van der Waals surface area contributed by atoms with Crippen LogP contribution in [0.3, 0.4) is 0 Å². The standard InChI is InChI=1S/C29H32FN5O3/c1-37-26-11-8-22(17-31)16-27(26)38-20-29(36)34-14-12-33(13-15-34)19-28-32-24-4-2-3-5-25(24)35(28)18-21-6-9-23(30)10-7-21/h2-11,16H,12-15,17-20,31H2,1H3. The zero-order chi connectivity index (χ0) is 26.5. The van der Waals surface area contributed by atoms with Gasteiger partial charge in [0.15, 0.2) is 18.1 Å². The fourth-order valence-corrected chi connectivity index (χ4v) is 4.74. The Morgan fingerprint density at radius 2 is 1.68 bits per heavy atom. The van der Waals surface area contributed by atoms with E-state index in [2.05, 4.69) is 15.5 Å². The number of para-hydroxylation sites is 2. The van der Waals surface area contributed by atoms with Crippen LogP contribution in [-0.2, 0) is 24.4 Å². The van der Waals surface area contributed by atoms with Gasteiger partial charge >= 0.3 is 0 Å². The number of halogens is 1. The summed E-state index contributed by atoms with van der Waals surface area (Å²) in [5, 5.41) is 0. The van der Waals surface area contributed by atoms with Gasteiger partial charge in [-0.05, 0) is 47.5 Å². The van der Waals surface area contributed by atoms with Gasteiger partial charge in [0.2, 0.25) is 0 Å². The van der Waals surface area contributed by atoms with Crippen molar-refractivity contribution in [3.63, 3.8) is 0 Å². The number of fused-ring (bicyclic) bond motifs is 1. The number of hydrogen-bond donors (Lipinski definition) is 1. The molecule has 0 radical (unpaired) electrons. The highest BCUT2D eigenvalue weighted by Crippen LogP contribution is 2.28. The molecule has 8 nitrogen and oxygen atoms in total. The Bertz CT molecular complexity index is 1400. The van der Waals surface area contributed by atoms with Crippen molar-refractivity contribution in [2.45, 2.75) is 19.6 Å². The van der Waals surface area contributed by atoms with Gasteiger partial charge in [0, 0.05) is 39.3 Å². The molecule has 1 aromatic heterocycles. The Balaban J connectivity index is 1.21. The third-order valence-corrected chi connectivity index (χ3v) is 6.89. The van der Waals surface area contributed by atoms with Crippen LogP contribution in [-0.4, -0.2) is 65.2 Å². The zero-order valence-corrected chi connectivity index (χ0v) is 21.5. The number of carbonyl (C=O) groups is 1. The fourth-order valence-electron chi connectivity index (χ4n) is 4.74. The second kappa shape index (κ2) is 11.6. The maximum atomic E-state index is 13.4. The lowest BCUT2D eigenvalue weighted by atomic mass is 10.2. The van der Waals surface area contributed by atoms with Gasteiger partial charge in [0.25, 0.3) is 5.91 Å². The Kier molecular flexibility index (Phi) is 7.86. The number of carbonyl (C=O) groups excluding carboxylic acids is 1. The molecule has 4 aromatic rings. The van der Waals surface area contributed by atoms with E-state index in [0.717, 1.165) is 41.1 Å². The fraction of sp³-hybridized carbons (Fsp3) is 0.310. The molecule has 1 fully saturated rings. The first-order valence-electron chi connectivity index (χ1n) is 12.7. The van der Waals surface area contributed by atoms with E-state index in [1.54, 1.807) is 13.2 Å². The van der Waals surface area contributed by atoms with Gasteiger partial charge in [-0.1, -0.05) is 30.3 Å². The molecule has 0 atom stereocenters. The molecular formula is C29H32FN5O3. The molecule has 1 saturated heterocycles. The monoisotopic (exact) mass is 517 g/mol. The average Bonchev–Trinajstić information content (AvgIpc) is 3.29. The summed E-state index contributed by atoms with van der Waals surface area (Å²) in [5.74, 6) is 1.73. The minimum atomic E-state index is -0.245. The van der Waals surface area contributed by atoms with Crippen LogP contribution in [0.15, 0.2) is 66.7 Å². The van der Waals surface area contributed by atoms with E-state index in [0.29, 0.717) is 44.2 Å². The molecule has 3 aromatic carbocycles. The van der Waals surface area contributed by atoms with E-state index < -0.39 is 0 Å². The molecular weight excluding hydrogens is 485 g/mol. The highest BCUT2D eigenvalue weighted by molar-refractivity contribution is 5.78. The number of rotatable bonds is 9. The Morgan fingerprint density at radius 1 is 0.947 bits per heavy atom. The summed E-state index contributed by atoms with van der Waals surface area (Å²) in [7, 11) is 1.57. The van der Waals surface area contributed by atoms with Gasteiger partial charge < -0.3 is 24.7 Å². The lowest BCUT2D eigenvalue weighted by molar-refractivity contribution is -0.135. The Morgan fingerprint density at radius 3 is 2.42 bits per heavy atom. The van der Waals surface area contributed by atoms with Crippen molar-refractivity contribution in [1.29, 1.82) is 0 Å². The van der Waals surface area contributed by atoms with Crippen LogP contribution >= 0.6 is 0 Å². The quantitative estimate of drug-likeness (QED) is 0.366. The third-order valence-electron chi connectivity index (χ3n) is 6.89. The Labute approximate surface area is 221 Å². The van der Waals surface area contributed by atoms with Crippen molar-refractivity contribution in [1.82, 2.24) is 19.4 Å². The van der Waals surface area contributed by atoms with E-state index in [-0.39, 0.29) is 18.3 Å². The largest absolute Gasteiger partial charge is 0.493 e. The zero-order valence-electron chi connectivity index (χ0n) is 21.5. The summed E-state index contributed by atoms with van der Waals surface area (Å²) < 4.78 is 26.8. The molecule has 0 bridgehead atoms. The molecule has 38 heavy (non-hydrogen) atoms. The topological polar surface area (TPSA) is 85.8 Å². The van der Waals surface area contributed by atoms with E-state index in [1.165, 1.54) is 12.1 Å². The van der Waals surface area contributed by atoms with Gasteiger partial charge in [-0.25, -0.2) is 9.37 Å². The molecule has 198 valence electrons. The molecule has 1 amide bonds. The summed E-state index contributed by atoms with van der Waals surface area (Å²) in [6, 6.07) is 20.1. The van der Waals surface area contributed by atoms with Crippen LogP contribution in [0, 0.1) is 5.82 Å². The van der Waals surface area contributed by atoms with E-state index >= 15 is 0 Å². The van der Waals surface area contributed by atoms with E-state index in [1.807, 2.05) is 47.4 Å². The number of benzene rings is 3. The van der Waals surface area contributed by atoms with Gasteiger partial charge in [-0.15, -0.1) is 0 Å². The van der Waals surface area contributed by atoms with Crippen LogP contribution in [0.5, 0.6) is 11.5 Å². The second-order valence-corrected chi connectivity index (χ2v) is 9.36. The van der Waals surface area contributed by atoms with Crippen LogP contribution in [0.25, 0.3) is 11.0 Å². The number of imidazole rings is 1. The predicted molar refractivity (Wildman–Crippen MR) is 143 cm³/mol. The lowest BCUT2D eigenvalue weighted by Gasteiger charge is -2.34. The van der Waals surface area contributed by atoms with Crippen molar-refractivity contribution in [3.05, 3.63) is 89.5 Å². The third kappa shape index (κ3) is 5.79. The molecule has 2 N–H and O–H groups in total.